The minimum absolute atomic E-state index is 0.184. The Balaban J connectivity index is 2.40. The number of aromatic nitrogens is 2. The van der Waals surface area contributed by atoms with Crippen LogP contribution in [0.2, 0.25) is 0 Å². The smallest absolute Gasteiger partial charge is 0.337 e. The van der Waals surface area contributed by atoms with Crippen molar-refractivity contribution in [1.29, 1.82) is 0 Å². The second-order valence-corrected chi connectivity index (χ2v) is 5.85. The molecule has 0 saturated carbocycles. The van der Waals surface area contributed by atoms with Gasteiger partial charge in [-0.05, 0) is 31.5 Å². The van der Waals surface area contributed by atoms with Crippen LogP contribution in [0.3, 0.4) is 0 Å². The van der Waals surface area contributed by atoms with Crippen LogP contribution in [0, 0.1) is 0 Å². The Kier molecular flexibility index (Phi) is 6.53. The number of nitrogen functional groups attached to an aromatic ring is 1. The fourth-order valence-corrected chi connectivity index (χ4v) is 2.25. The van der Waals surface area contributed by atoms with Crippen LogP contribution in [0.15, 0.2) is 24.5 Å². The summed E-state index contributed by atoms with van der Waals surface area (Å²) in [7, 11) is 2.52. The number of carbonyl (C=O) groups excluding carboxylic acids is 2. The zero-order valence-electron chi connectivity index (χ0n) is 15.7. The lowest BCUT2D eigenvalue weighted by Crippen LogP contribution is -2.17. The summed E-state index contributed by atoms with van der Waals surface area (Å²) < 4.78 is 9.46. The maximum Gasteiger partial charge on any atom is 0.337 e. The quantitative estimate of drug-likeness (QED) is 0.627. The second kappa shape index (κ2) is 8.84. The minimum atomic E-state index is -0.585. The highest BCUT2D eigenvalue weighted by Gasteiger charge is 2.16. The van der Waals surface area contributed by atoms with Crippen LogP contribution in [0.1, 0.15) is 41.0 Å². The molecule has 2 aromatic rings. The number of ether oxygens (including phenoxy) is 2. The van der Waals surface area contributed by atoms with E-state index < -0.39 is 11.9 Å². The van der Waals surface area contributed by atoms with Gasteiger partial charge in [0.05, 0.1) is 25.3 Å². The molecule has 0 aliphatic rings. The molecule has 0 fully saturated rings. The monoisotopic (exact) mass is 373 g/mol. The van der Waals surface area contributed by atoms with Crippen LogP contribution in [0.4, 0.5) is 23.0 Å². The van der Waals surface area contributed by atoms with Crippen molar-refractivity contribution < 1.29 is 19.1 Å². The molecule has 1 heterocycles. The van der Waals surface area contributed by atoms with Crippen molar-refractivity contribution in [2.45, 2.75) is 26.3 Å². The zero-order chi connectivity index (χ0) is 20.0. The molecule has 0 spiro atoms. The van der Waals surface area contributed by atoms with E-state index in [2.05, 4.69) is 20.6 Å². The molecule has 2 rings (SSSR count). The van der Waals surface area contributed by atoms with E-state index in [9.17, 15) is 9.59 Å². The fourth-order valence-electron chi connectivity index (χ4n) is 2.25. The van der Waals surface area contributed by atoms with Gasteiger partial charge in [-0.3, -0.25) is 0 Å². The van der Waals surface area contributed by atoms with E-state index in [1.165, 1.54) is 38.7 Å². The Morgan fingerprint density at radius 1 is 1.07 bits per heavy atom. The topological polar surface area (TPSA) is 128 Å². The molecule has 0 aliphatic heterocycles. The van der Waals surface area contributed by atoms with Gasteiger partial charge in [-0.2, -0.15) is 0 Å². The van der Waals surface area contributed by atoms with E-state index in [4.69, 9.17) is 15.2 Å². The molecule has 1 unspecified atom stereocenters. The molecule has 1 aromatic heterocycles. The summed E-state index contributed by atoms with van der Waals surface area (Å²) in [6.45, 7) is 4.05. The van der Waals surface area contributed by atoms with E-state index in [1.807, 2.05) is 13.8 Å². The molecule has 144 valence electrons. The molecule has 27 heavy (non-hydrogen) atoms. The van der Waals surface area contributed by atoms with Gasteiger partial charge in [-0.25, -0.2) is 19.6 Å². The normalized spacial score (nSPS) is 11.4. The summed E-state index contributed by atoms with van der Waals surface area (Å²) in [6.07, 6.45) is 2.27. The first-order chi connectivity index (χ1) is 12.9. The van der Waals surface area contributed by atoms with E-state index in [1.54, 1.807) is 0 Å². The van der Waals surface area contributed by atoms with Crippen molar-refractivity contribution in [3.05, 3.63) is 35.7 Å². The number of benzene rings is 1. The zero-order valence-corrected chi connectivity index (χ0v) is 15.7. The lowest BCUT2D eigenvalue weighted by Gasteiger charge is -2.16. The lowest BCUT2D eigenvalue weighted by atomic mass is 10.1. The summed E-state index contributed by atoms with van der Waals surface area (Å²) >= 11 is 0. The molecule has 1 atom stereocenters. The van der Waals surface area contributed by atoms with E-state index >= 15 is 0 Å². The van der Waals surface area contributed by atoms with Crippen molar-refractivity contribution in [3.63, 3.8) is 0 Å². The van der Waals surface area contributed by atoms with Crippen LogP contribution >= 0.6 is 0 Å². The molecule has 9 heteroatoms. The highest BCUT2D eigenvalue weighted by Crippen LogP contribution is 2.27. The molecule has 1 aromatic carbocycles. The largest absolute Gasteiger partial charge is 0.465 e. The number of hydrogen-bond donors (Lipinski definition) is 3. The van der Waals surface area contributed by atoms with Crippen molar-refractivity contribution in [2.24, 2.45) is 0 Å². The van der Waals surface area contributed by atoms with Gasteiger partial charge in [0.2, 0.25) is 0 Å². The van der Waals surface area contributed by atoms with E-state index in [0.29, 0.717) is 23.0 Å². The van der Waals surface area contributed by atoms with Crippen molar-refractivity contribution in [1.82, 2.24) is 9.97 Å². The molecule has 0 radical (unpaired) electrons. The summed E-state index contributed by atoms with van der Waals surface area (Å²) in [4.78, 5) is 32.1. The summed E-state index contributed by atoms with van der Waals surface area (Å²) in [6, 6.07) is 4.63. The lowest BCUT2D eigenvalue weighted by molar-refractivity contribution is 0.0599. The standard InChI is InChI=1S/C18H23N5O4/c1-5-10(2)22-15-14(19)16(21-9-20-15)23-13-7-11(17(24)26-3)6-12(8-13)18(25)27-4/h6-10H,5,19H2,1-4H3,(H2,20,21,22,23). The number of nitrogens with zero attached hydrogens (tertiary/aromatic N) is 2. The average Bonchev–Trinajstić information content (AvgIpc) is 2.69. The fraction of sp³-hybridized carbons (Fsp3) is 0.333. The second-order valence-electron chi connectivity index (χ2n) is 5.85. The summed E-state index contributed by atoms with van der Waals surface area (Å²) in [5.41, 5.74) is 7.27. The van der Waals surface area contributed by atoms with Gasteiger partial charge >= 0.3 is 11.9 Å². The van der Waals surface area contributed by atoms with Crippen LogP contribution in [-0.4, -0.2) is 42.2 Å². The van der Waals surface area contributed by atoms with Crippen LogP contribution in [-0.2, 0) is 9.47 Å². The number of methoxy groups -OCH3 is 2. The molecule has 0 aliphatic carbocycles. The third-order valence-corrected chi connectivity index (χ3v) is 3.92. The van der Waals surface area contributed by atoms with Gasteiger partial charge in [-0.1, -0.05) is 6.92 Å². The van der Waals surface area contributed by atoms with E-state index in [0.717, 1.165) is 6.42 Å². The number of carbonyl (C=O) groups is 2. The molecular weight excluding hydrogens is 350 g/mol. The molecule has 0 amide bonds. The van der Waals surface area contributed by atoms with Gasteiger partial charge in [0, 0.05) is 11.7 Å². The Hall–Kier alpha value is -3.36. The first kappa shape index (κ1) is 20.0. The molecule has 9 nitrogen and oxygen atoms in total. The van der Waals surface area contributed by atoms with Gasteiger partial charge in [0.15, 0.2) is 11.6 Å². The predicted octanol–water partition coefficient (Wildman–Crippen LogP) is 2.59. The Morgan fingerprint density at radius 2 is 1.63 bits per heavy atom. The van der Waals surface area contributed by atoms with Gasteiger partial charge in [0.1, 0.15) is 12.0 Å². The van der Waals surface area contributed by atoms with Crippen molar-refractivity contribution in [3.8, 4) is 0 Å². The van der Waals surface area contributed by atoms with Crippen LogP contribution in [0.5, 0.6) is 0 Å². The number of rotatable bonds is 7. The number of anilines is 4. The average molecular weight is 373 g/mol. The molecule has 0 saturated heterocycles. The maximum absolute atomic E-state index is 11.9. The third kappa shape index (κ3) is 4.84. The highest BCUT2D eigenvalue weighted by molar-refractivity contribution is 5.97. The first-order valence-corrected chi connectivity index (χ1v) is 8.35. The van der Waals surface area contributed by atoms with Crippen LogP contribution in [0.25, 0.3) is 0 Å². The summed E-state index contributed by atoms with van der Waals surface area (Å²) in [5.74, 6) is -0.329. The van der Waals surface area contributed by atoms with Crippen LogP contribution < -0.4 is 16.4 Å². The predicted molar refractivity (Wildman–Crippen MR) is 102 cm³/mol. The molecular formula is C18H23N5O4. The van der Waals surface area contributed by atoms with Gasteiger partial charge in [0.25, 0.3) is 0 Å². The van der Waals surface area contributed by atoms with Gasteiger partial charge in [-0.15, -0.1) is 0 Å². The SMILES string of the molecule is CCC(C)Nc1ncnc(Nc2cc(C(=O)OC)cc(C(=O)OC)c2)c1N. The number of hydrogen-bond acceptors (Lipinski definition) is 9. The summed E-state index contributed by atoms with van der Waals surface area (Å²) in [5, 5.41) is 6.21. The molecule has 0 bridgehead atoms. The third-order valence-electron chi connectivity index (χ3n) is 3.92. The first-order valence-electron chi connectivity index (χ1n) is 8.35. The Bertz CT molecular complexity index is 806. The van der Waals surface area contributed by atoms with Crippen molar-refractivity contribution in [2.75, 3.05) is 30.6 Å². The Morgan fingerprint density at radius 3 is 2.15 bits per heavy atom. The maximum atomic E-state index is 11.9. The number of nitrogens with two attached hydrogens (primary N) is 1. The minimum Gasteiger partial charge on any atom is -0.465 e. The molecule has 4 N–H and O–H groups in total. The van der Waals surface area contributed by atoms with Crippen molar-refractivity contribution >= 4 is 34.9 Å². The number of esters is 2. The Labute approximate surface area is 157 Å². The van der Waals surface area contributed by atoms with E-state index in [-0.39, 0.29) is 17.2 Å². The van der Waals surface area contributed by atoms with Gasteiger partial charge < -0.3 is 25.8 Å². The highest BCUT2D eigenvalue weighted by atomic mass is 16.5. The number of nitrogens with one attached hydrogen (secondary N) is 2.